The highest BCUT2D eigenvalue weighted by Crippen LogP contribution is 2.23. The van der Waals surface area contributed by atoms with E-state index in [1.807, 2.05) is 0 Å². The minimum absolute atomic E-state index is 0.245. The van der Waals surface area contributed by atoms with Crippen LogP contribution in [-0.2, 0) is 14.3 Å². The third kappa shape index (κ3) is 40.9. The number of unbranched alkanes of at least 4 members (excludes halogenated alkanes) is 34. The van der Waals surface area contributed by atoms with Gasteiger partial charge < -0.3 is 50.5 Å². The van der Waals surface area contributed by atoms with Crippen molar-refractivity contribution in [2.24, 2.45) is 0 Å². The van der Waals surface area contributed by atoms with Gasteiger partial charge in [-0.1, -0.05) is 249 Å². The lowest BCUT2D eigenvalue weighted by Gasteiger charge is -2.40. The summed E-state index contributed by atoms with van der Waals surface area (Å²) in [6, 6.07) is -1.19. The number of hydrogen-bond donors (Lipinski definition) is 8. The number of carbonyl (C=O) groups excluding carboxylic acids is 1. The van der Waals surface area contributed by atoms with E-state index in [0.29, 0.717) is 19.3 Å². The minimum Gasteiger partial charge on any atom is -0.394 e. The maximum atomic E-state index is 13.2. The third-order valence-electron chi connectivity index (χ3n) is 15.1. The summed E-state index contributed by atoms with van der Waals surface area (Å²) in [7, 11) is 0. The Labute approximate surface area is 459 Å². The summed E-state index contributed by atoms with van der Waals surface area (Å²) in [5.41, 5.74) is 0. The van der Waals surface area contributed by atoms with Gasteiger partial charge in [0.15, 0.2) is 6.29 Å². The summed E-state index contributed by atoms with van der Waals surface area (Å²) in [4.78, 5) is 13.2. The van der Waals surface area contributed by atoms with Crippen LogP contribution in [0.2, 0.25) is 0 Å². The molecule has 0 radical (unpaired) electrons. The van der Waals surface area contributed by atoms with Crippen molar-refractivity contribution in [3.05, 3.63) is 48.6 Å². The Morgan fingerprint density at radius 2 is 0.840 bits per heavy atom. The fourth-order valence-corrected chi connectivity index (χ4v) is 9.96. The SMILES string of the molecule is CCCCC/C=C/CC/C=C/CCCC(O)C(O)C(COC1OC(CO)C(O)C(O)C1O)NC(=O)C(O)CCCCCCCCCCCCCCCCCC/C=C\C/C=C\CCCCCCCCCCCCCCC. The fraction of sp³-hybridized carbons (Fsp3) is 0.859. The molecular formula is C64H119NO10. The maximum absolute atomic E-state index is 13.2. The van der Waals surface area contributed by atoms with E-state index in [1.165, 1.54) is 193 Å². The quantitative estimate of drug-likeness (QED) is 0.0215. The van der Waals surface area contributed by atoms with Crippen LogP contribution < -0.4 is 5.32 Å². The van der Waals surface area contributed by atoms with Crippen molar-refractivity contribution in [3.63, 3.8) is 0 Å². The Bertz CT molecular complexity index is 1360. The molecule has 75 heavy (non-hydrogen) atoms. The standard InChI is InChI=1S/C64H119NO10/c1-3-5-7-9-11-13-15-17-18-19-20-21-22-23-24-25-26-27-28-29-30-31-32-33-34-35-36-37-38-39-40-42-44-46-48-50-52-57(68)63(73)65-55(54-74-64-62(72)61(71)60(70)58(53-66)75-64)59(69)56(67)51-49-47-45-43-41-16-14-12-10-8-6-4-2/h12,14,24-25,27-28,43,45,55-62,64,66-72H,3-11,13,15-23,26,29-42,44,46-54H2,1-2H3,(H,65,73)/b14-12+,25-24-,28-27-,45-43+. The van der Waals surface area contributed by atoms with E-state index in [2.05, 4.69) is 67.8 Å². The molecule has 0 aromatic rings. The monoisotopic (exact) mass is 1060 g/mol. The van der Waals surface area contributed by atoms with Crippen LogP contribution >= 0.6 is 0 Å². The number of rotatable bonds is 54. The minimum atomic E-state index is -1.67. The normalized spacial score (nSPS) is 20.0. The molecule has 0 aliphatic carbocycles. The van der Waals surface area contributed by atoms with E-state index >= 15 is 0 Å². The molecule has 9 unspecified atom stereocenters. The van der Waals surface area contributed by atoms with Gasteiger partial charge in [-0.25, -0.2) is 0 Å². The summed E-state index contributed by atoms with van der Waals surface area (Å²) in [5.74, 6) is -0.710. The van der Waals surface area contributed by atoms with Gasteiger partial charge in [0, 0.05) is 0 Å². The second-order valence-electron chi connectivity index (χ2n) is 22.1. The highest BCUT2D eigenvalue weighted by molar-refractivity contribution is 5.80. The van der Waals surface area contributed by atoms with Crippen LogP contribution in [0.1, 0.15) is 284 Å². The van der Waals surface area contributed by atoms with E-state index in [9.17, 15) is 40.5 Å². The summed E-state index contributed by atoms with van der Waals surface area (Å²) < 4.78 is 11.1. The molecule has 0 saturated carbocycles. The zero-order chi connectivity index (χ0) is 54.7. The Morgan fingerprint density at radius 1 is 0.467 bits per heavy atom. The molecule has 440 valence electrons. The van der Waals surface area contributed by atoms with Crippen molar-refractivity contribution >= 4 is 5.91 Å². The molecule has 11 nitrogen and oxygen atoms in total. The number of amides is 1. The first-order chi connectivity index (χ1) is 36.7. The second-order valence-corrected chi connectivity index (χ2v) is 22.1. The van der Waals surface area contributed by atoms with Crippen LogP contribution in [0.4, 0.5) is 0 Å². The van der Waals surface area contributed by atoms with Gasteiger partial charge >= 0.3 is 0 Å². The molecule has 0 spiro atoms. The van der Waals surface area contributed by atoms with Crippen molar-refractivity contribution in [3.8, 4) is 0 Å². The number of allylic oxidation sites excluding steroid dienone is 8. The molecular weight excluding hydrogens is 943 g/mol. The average Bonchev–Trinajstić information content (AvgIpc) is 3.41. The molecule has 8 N–H and O–H groups in total. The van der Waals surface area contributed by atoms with Gasteiger partial charge in [0.05, 0.1) is 25.4 Å². The first-order valence-corrected chi connectivity index (χ1v) is 31.5. The van der Waals surface area contributed by atoms with E-state index in [4.69, 9.17) is 9.47 Å². The van der Waals surface area contributed by atoms with E-state index < -0.39 is 74.2 Å². The molecule has 0 aromatic carbocycles. The molecule has 1 fully saturated rings. The van der Waals surface area contributed by atoms with Crippen LogP contribution in [0.5, 0.6) is 0 Å². The molecule has 11 heteroatoms. The lowest BCUT2D eigenvalue weighted by atomic mass is 9.98. The molecule has 1 aliphatic rings. The lowest BCUT2D eigenvalue weighted by molar-refractivity contribution is -0.303. The summed E-state index contributed by atoms with van der Waals surface area (Å²) in [6.45, 7) is 3.41. The Morgan fingerprint density at radius 3 is 1.29 bits per heavy atom. The van der Waals surface area contributed by atoms with Crippen molar-refractivity contribution in [2.75, 3.05) is 13.2 Å². The third-order valence-corrected chi connectivity index (χ3v) is 15.1. The summed E-state index contributed by atoms with van der Waals surface area (Å²) in [6.07, 6.45) is 56.4. The molecule has 1 rings (SSSR count). The largest absolute Gasteiger partial charge is 0.394 e. The van der Waals surface area contributed by atoms with Gasteiger partial charge in [0.2, 0.25) is 5.91 Å². The highest BCUT2D eigenvalue weighted by atomic mass is 16.7. The molecule has 1 aliphatic heterocycles. The van der Waals surface area contributed by atoms with Crippen molar-refractivity contribution in [1.82, 2.24) is 5.32 Å². The van der Waals surface area contributed by atoms with Crippen LogP contribution in [0.25, 0.3) is 0 Å². The highest BCUT2D eigenvalue weighted by Gasteiger charge is 2.44. The molecule has 1 saturated heterocycles. The van der Waals surface area contributed by atoms with Crippen LogP contribution in [0, 0.1) is 0 Å². The van der Waals surface area contributed by atoms with Gasteiger partial charge in [-0.05, 0) is 83.5 Å². The number of nitrogens with one attached hydrogen (secondary N) is 1. The number of aliphatic hydroxyl groups excluding tert-OH is 7. The van der Waals surface area contributed by atoms with Crippen molar-refractivity contribution < 1.29 is 50.0 Å². The first-order valence-electron chi connectivity index (χ1n) is 31.5. The van der Waals surface area contributed by atoms with Crippen molar-refractivity contribution in [2.45, 2.75) is 339 Å². The van der Waals surface area contributed by atoms with Gasteiger partial charge in [-0.2, -0.15) is 0 Å². The van der Waals surface area contributed by atoms with E-state index in [0.717, 1.165) is 44.9 Å². The second kappa shape index (κ2) is 52.8. The predicted molar refractivity (Wildman–Crippen MR) is 311 cm³/mol. The van der Waals surface area contributed by atoms with Gasteiger partial charge in [0.1, 0.15) is 36.6 Å². The van der Waals surface area contributed by atoms with Gasteiger partial charge in [0.25, 0.3) is 0 Å². The van der Waals surface area contributed by atoms with E-state index in [1.54, 1.807) is 0 Å². The zero-order valence-corrected chi connectivity index (χ0v) is 48.3. The summed E-state index contributed by atoms with van der Waals surface area (Å²) >= 11 is 0. The van der Waals surface area contributed by atoms with Crippen molar-refractivity contribution in [1.29, 1.82) is 0 Å². The predicted octanol–water partition coefficient (Wildman–Crippen LogP) is 14.0. The van der Waals surface area contributed by atoms with Gasteiger partial charge in [-0.15, -0.1) is 0 Å². The molecule has 1 amide bonds. The Hall–Kier alpha value is -1.93. The maximum Gasteiger partial charge on any atom is 0.249 e. The Kier molecular flexibility index (Phi) is 50.0. The summed E-state index contributed by atoms with van der Waals surface area (Å²) in [5, 5.41) is 76.0. The number of ether oxygens (including phenoxy) is 2. The lowest BCUT2D eigenvalue weighted by Crippen LogP contribution is -2.60. The number of aliphatic hydroxyl groups is 7. The zero-order valence-electron chi connectivity index (χ0n) is 48.3. The molecule has 0 aromatic heterocycles. The Balaban J connectivity index is 2.14. The fourth-order valence-electron chi connectivity index (χ4n) is 9.96. The molecule has 0 bridgehead atoms. The van der Waals surface area contributed by atoms with Gasteiger partial charge in [-0.3, -0.25) is 4.79 Å². The smallest absolute Gasteiger partial charge is 0.249 e. The number of carbonyl (C=O) groups is 1. The van der Waals surface area contributed by atoms with Crippen LogP contribution in [0.3, 0.4) is 0 Å². The first kappa shape index (κ1) is 71.1. The topological polar surface area (TPSA) is 189 Å². The number of hydrogen-bond acceptors (Lipinski definition) is 10. The molecule has 1 heterocycles. The van der Waals surface area contributed by atoms with Crippen LogP contribution in [0.15, 0.2) is 48.6 Å². The molecule has 9 atom stereocenters. The average molecular weight is 1060 g/mol. The van der Waals surface area contributed by atoms with E-state index in [-0.39, 0.29) is 12.8 Å². The van der Waals surface area contributed by atoms with Crippen LogP contribution in [-0.4, -0.2) is 110 Å².